The maximum atomic E-state index is 11.5. The molecular formula is C17H20O8S. The van der Waals surface area contributed by atoms with Gasteiger partial charge >= 0.3 is 17.9 Å². The van der Waals surface area contributed by atoms with Crippen LogP contribution in [0.3, 0.4) is 0 Å². The number of carboxylic acids is 2. The van der Waals surface area contributed by atoms with Crippen molar-refractivity contribution < 1.29 is 39.2 Å². The third-order valence-corrected chi connectivity index (χ3v) is 4.66. The summed E-state index contributed by atoms with van der Waals surface area (Å²) in [5.41, 5.74) is -2.80. The molecule has 1 aromatic rings. The number of aliphatic carboxylic acids is 2. The lowest BCUT2D eigenvalue weighted by Crippen LogP contribution is -2.50. The van der Waals surface area contributed by atoms with E-state index in [-0.39, 0.29) is 17.9 Å². The van der Waals surface area contributed by atoms with Crippen LogP contribution in [0.1, 0.15) is 17.7 Å². The standard InChI is InChI=1S/C17H20O8S/c1-3-25-13(18)8-5-9-26-14(17(23,15(19)20)16(21)22)11-6-4-7-12(10-11)24-2/h4-8,10,14,23H,3,9H2,1-2H3,(H,19,20)(H,21,22)/b8-5+. The number of carboxylic acid groups (broad SMARTS) is 2. The van der Waals surface area contributed by atoms with Gasteiger partial charge < -0.3 is 24.8 Å². The minimum atomic E-state index is -3.06. The molecule has 1 unspecified atom stereocenters. The molecule has 1 atom stereocenters. The van der Waals surface area contributed by atoms with Crippen molar-refractivity contribution in [2.75, 3.05) is 19.5 Å². The molecule has 0 saturated carbocycles. The summed E-state index contributed by atoms with van der Waals surface area (Å²) in [5.74, 6) is -3.89. The van der Waals surface area contributed by atoms with E-state index in [1.54, 1.807) is 19.1 Å². The number of thioether (sulfide) groups is 1. The number of aliphatic hydroxyl groups is 1. The maximum absolute atomic E-state index is 11.5. The van der Waals surface area contributed by atoms with E-state index in [1.807, 2.05) is 0 Å². The van der Waals surface area contributed by atoms with Crippen LogP contribution in [0.4, 0.5) is 0 Å². The van der Waals surface area contributed by atoms with Gasteiger partial charge in [-0.05, 0) is 24.6 Å². The zero-order valence-electron chi connectivity index (χ0n) is 14.2. The van der Waals surface area contributed by atoms with Gasteiger partial charge in [0.2, 0.25) is 0 Å². The van der Waals surface area contributed by atoms with Crippen molar-refractivity contribution in [1.82, 2.24) is 0 Å². The number of hydrogen-bond acceptors (Lipinski definition) is 7. The molecule has 0 radical (unpaired) electrons. The quantitative estimate of drug-likeness (QED) is 0.312. The topological polar surface area (TPSA) is 130 Å². The van der Waals surface area contributed by atoms with E-state index in [4.69, 9.17) is 9.47 Å². The van der Waals surface area contributed by atoms with Crippen molar-refractivity contribution in [3.8, 4) is 5.75 Å². The summed E-state index contributed by atoms with van der Waals surface area (Å²) in [5, 5.41) is 27.6. The van der Waals surface area contributed by atoms with Gasteiger partial charge in [-0.25, -0.2) is 14.4 Å². The van der Waals surface area contributed by atoms with E-state index in [2.05, 4.69) is 0 Å². The van der Waals surface area contributed by atoms with Crippen LogP contribution < -0.4 is 4.74 Å². The Hall–Kier alpha value is -2.52. The molecule has 26 heavy (non-hydrogen) atoms. The van der Waals surface area contributed by atoms with Crippen molar-refractivity contribution in [2.45, 2.75) is 17.8 Å². The molecule has 0 aliphatic rings. The van der Waals surface area contributed by atoms with Gasteiger partial charge in [0.05, 0.1) is 19.0 Å². The number of esters is 1. The normalized spacial score (nSPS) is 12.6. The molecule has 0 amide bonds. The Balaban J connectivity index is 3.15. The first-order valence-electron chi connectivity index (χ1n) is 7.55. The van der Waals surface area contributed by atoms with Gasteiger partial charge in [0.25, 0.3) is 5.60 Å². The highest BCUT2D eigenvalue weighted by molar-refractivity contribution is 7.99. The van der Waals surface area contributed by atoms with E-state index in [1.165, 1.54) is 25.3 Å². The molecule has 0 aliphatic heterocycles. The molecule has 1 aromatic carbocycles. The third kappa shape index (κ3) is 5.24. The van der Waals surface area contributed by atoms with Crippen molar-refractivity contribution in [1.29, 1.82) is 0 Å². The smallest absolute Gasteiger partial charge is 0.349 e. The van der Waals surface area contributed by atoms with E-state index < -0.39 is 28.8 Å². The van der Waals surface area contributed by atoms with E-state index >= 15 is 0 Å². The van der Waals surface area contributed by atoms with Crippen LogP contribution in [0.5, 0.6) is 5.75 Å². The molecule has 1 rings (SSSR count). The second-order valence-electron chi connectivity index (χ2n) is 5.02. The fourth-order valence-corrected chi connectivity index (χ4v) is 3.25. The summed E-state index contributed by atoms with van der Waals surface area (Å²) in [7, 11) is 1.41. The number of carbonyl (C=O) groups excluding carboxylic acids is 1. The van der Waals surface area contributed by atoms with Crippen LogP contribution in [0, 0.1) is 0 Å². The Morgan fingerprint density at radius 3 is 2.46 bits per heavy atom. The van der Waals surface area contributed by atoms with E-state index in [0.29, 0.717) is 5.75 Å². The average molecular weight is 384 g/mol. The van der Waals surface area contributed by atoms with Crippen LogP contribution in [0.2, 0.25) is 0 Å². The number of ether oxygens (including phenoxy) is 2. The fourth-order valence-electron chi connectivity index (χ4n) is 2.06. The van der Waals surface area contributed by atoms with Crippen LogP contribution in [-0.2, 0) is 19.1 Å². The largest absolute Gasteiger partial charge is 0.497 e. The molecule has 0 fully saturated rings. The number of hydrogen-bond donors (Lipinski definition) is 3. The summed E-state index contributed by atoms with van der Waals surface area (Å²) in [6, 6.07) is 6.10. The maximum Gasteiger partial charge on any atom is 0.349 e. The Morgan fingerprint density at radius 1 is 1.27 bits per heavy atom. The summed E-state index contributed by atoms with van der Waals surface area (Å²) < 4.78 is 9.78. The molecule has 9 heteroatoms. The minimum absolute atomic E-state index is 0.0730. The Morgan fingerprint density at radius 2 is 1.92 bits per heavy atom. The molecule has 8 nitrogen and oxygen atoms in total. The van der Waals surface area contributed by atoms with Gasteiger partial charge in [-0.3, -0.25) is 0 Å². The number of methoxy groups -OCH3 is 1. The van der Waals surface area contributed by atoms with Crippen molar-refractivity contribution in [3.63, 3.8) is 0 Å². The molecule has 0 aromatic heterocycles. The van der Waals surface area contributed by atoms with Gasteiger partial charge in [0.15, 0.2) is 0 Å². The van der Waals surface area contributed by atoms with Crippen LogP contribution in [-0.4, -0.2) is 58.3 Å². The van der Waals surface area contributed by atoms with Gasteiger partial charge in [0.1, 0.15) is 5.75 Å². The highest BCUT2D eigenvalue weighted by Gasteiger charge is 2.52. The zero-order valence-corrected chi connectivity index (χ0v) is 15.1. The van der Waals surface area contributed by atoms with Crippen molar-refractivity contribution in [3.05, 3.63) is 42.0 Å². The Labute approximate surface area is 154 Å². The highest BCUT2D eigenvalue weighted by atomic mass is 32.2. The molecule has 0 saturated heterocycles. The zero-order chi connectivity index (χ0) is 19.7. The van der Waals surface area contributed by atoms with Crippen molar-refractivity contribution in [2.24, 2.45) is 0 Å². The van der Waals surface area contributed by atoms with Crippen LogP contribution in [0.25, 0.3) is 0 Å². The van der Waals surface area contributed by atoms with Gasteiger partial charge in [-0.15, -0.1) is 11.8 Å². The first kappa shape index (κ1) is 21.5. The minimum Gasteiger partial charge on any atom is -0.497 e. The summed E-state index contributed by atoms with van der Waals surface area (Å²) in [6.45, 7) is 1.86. The second-order valence-corrected chi connectivity index (χ2v) is 6.16. The lowest BCUT2D eigenvalue weighted by atomic mass is 9.93. The van der Waals surface area contributed by atoms with E-state index in [9.17, 15) is 29.7 Å². The predicted octanol–water partition coefficient (Wildman–Crippen LogP) is 1.49. The Kier molecular flexibility index (Phi) is 8.14. The fraction of sp³-hybridized carbons (Fsp3) is 0.353. The van der Waals surface area contributed by atoms with Gasteiger partial charge in [-0.1, -0.05) is 18.2 Å². The molecular weight excluding hydrogens is 364 g/mol. The molecule has 0 aliphatic carbocycles. The number of carbonyl (C=O) groups is 3. The lowest BCUT2D eigenvalue weighted by Gasteiger charge is -2.28. The highest BCUT2D eigenvalue weighted by Crippen LogP contribution is 2.40. The number of rotatable bonds is 10. The first-order chi connectivity index (χ1) is 12.3. The molecule has 0 bridgehead atoms. The molecule has 142 valence electrons. The predicted molar refractivity (Wildman–Crippen MR) is 94.2 cm³/mol. The number of benzene rings is 1. The SMILES string of the molecule is CCOC(=O)/C=C/CSC(c1cccc(OC)c1)C(O)(C(=O)O)C(=O)O. The van der Waals surface area contributed by atoms with Crippen LogP contribution >= 0.6 is 11.8 Å². The first-order valence-corrected chi connectivity index (χ1v) is 8.60. The lowest BCUT2D eigenvalue weighted by molar-refractivity contribution is -0.176. The second kappa shape index (κ2) is 9.83. The summed E-state index contributed by atoms with van der Waals surface area (Å²) in [4.78, 5) is 34.3. The third-order valence-electron chi connectivity index (χ3n) is 3.33. The van der Waals surface area contributed by atoms with Gasteiger partial charge in [-0.2, -0.15) is 0 Å². The average Bonchev–Trinajstić information content (AvgIpc) is 2.61. The van der Waals surface area contributed by atoms with Gasteiger partial charge in [0, 0.05) is 11.8 Å². The van der Waals surface area contributed by atoms with Crippen molar-refractivity contribution >= 4 is 29.7 Å². The van der Waals surface area contributed by atoms with E-state index in [0.717, 1.165) is 17.8 Å². The summed E-state index contributed by atoms with van der Waals surface area (Å²) in [6.07, 6.45) is 2.56. The van der Waals surface area contributed by atoms with Crippen LogP contribution in [0.15, 0.2) is 36.4 Å². The summed E-state index contributed by atoms with van der Waals surface area (Å²) >= 11 is 0.856. The monoisotopic (exact) mass is 384 g/mol. The molecule has 0 heterocycles. The molecule has 0 spiro atoms. The molecule has 3 N–H and O–H groups in total. The Bertz CT molecular complexity index is 671.